The Kier molecular flexibility index (Phi) is 6.06. The van der Waals surface area contributed by atoms with Crippen LogP contribution in [0, 0.1) is 0 Å². The van der Waals surface area contributed by atoms with Crippen molar-refractivity contribution < 1.29 is 9.90 Å². The number of amides is 2. The molecule has 0 aliphatic rings. The zero-order valence-corrected chi connectivity index (χ0v) is 16.5. The Hall–Kier alpha value is -3.63. The molecule has 4 aromatic carbocycles. The van der Waals surface area contributed by atoms with E-state index in [0.717, 1.165) is 27.5 Å². The normalized spacial score (nSPS) is 11.9. The number of hydrogen-bond donors (Lipinski definition) is 3. The van der Waals surface area contributed by atoms with Gasteiger partial charge in [-0.1, -0.05) is 103 Å². The van der Waals surface area contributed by atoms with Crippen LogP contribution in [0.5, 0.6) is 0 Å². The lowest BCUT2D eigenvalue weighted by molar-refractivity contribution is 0.174. The topological polar surface area (TPSA) is 61.4 Å². The van der Waals surface area contributed by atoms with Crippen LogP contribution in [0.2, 0.25) is 0 Å². The molecular weight excluding hydrogens is 372 g/mol. The van der Waals surface area contributed by atoms with E-state index in [0.29, 0.717) is 0 Å². The smallest absolute Gasteiger partial charge is 0.315 e. The van der Waals surface area contributed by atoms with Gasteiger partial charge in [-0.25, -0.2) is 4.79 Å². The standard InChI is InChI=1S/C26H24N2O2/c29-24(23-17-9-15-19-10-7-8-16-22(19)23)18-27-26(30)28-25(20-11-3-1-4-12-20)21-13-5-2-6-14-21/h1-17,24-25,29H,18H2,(H2,27,28,30). The van der Waals surface area contributed by atoms with Gasteiger partial charge in [-0.15, -0.1) is 0 Å². The van der Waals surface area contributed by atoms with E-state index in [9.17, 15) is 9.90 Å². The van der Waals surface area contributed by atoms with Gasteiger partial charge in [0.25, 0.3) is 0 Å². The highest BCUT2D eigenvalue weighted by Crippen LogP contribution is 2.24. The molecule has 4 aromatic rings. The Morgan fingerprint density at radius 3 is 1.97 bits per heavy atom. The molecule has 2 amide bonds. The van der Waals surface area contributed by atoms with Gasteiger partial charge in [0, 0.05) is 6.54 Å². The minimum atomic E-state index is -0.797. The number of fused-ring (bicyclic) bond motifs is 1. The van der Waals surface area contributed by atoms with Gasteiger partial charge in [-0.2, -0.15) is 0 Å². The number of aliphatic hydroxyl groups excluding tert-OH is 1. The van der Waals surface area contributed by atoms with Crippen molar-refractivity contribution in [3.8, 4) is 0 Å². The summed E-state index contributed by atoms with van der Waals surface area (Å²) in [5, 5.41) is 18.6. The van der Waals surface area contributed by atoms with E-state index in [4.69, 9.17) is 0 Å². The van der Waals surface area contributed by atoms with Crippen LogP contribution in [-0.4, -0.2) is 17.7 Å². The first-order valence-corrected chi connectivity index (χ1v) is 10.0. The molecule has 0 radical (unpaired) electrons. The summed E-state index contributed by atoms with van der Waals surface area (Å²) in [6, 6.07) is 32.8. The Morgan fingerprint density at radius 1 is 0.733 bits per heavy atom. The molecule has 0 bridgehead atoms. The fraction of sp³-hybridized carbons (Fsp3) is 0.115. The monoisotopic (exact) mass is 396 g/mol. The lowest BCUT2D eigenvalue weighted by Gasteiger charge is -2.21. The number of urea groups is 1. The molecule has 0 fully saturated rings. The molecule has 0 aliphatic heterocycles. The Labute approximate surface area is 176 Å². The van der Waals surface area contributed by atoms with E-state index in [1.165, 1.54) is 0 Å². The van der Waals surface area contributed by atoms with Crippen molar-refractivity contribution in [2.75, 3.05) is 6.54 Å². The summed E-state index contributed by atoms with van der Waals surface area (Å²) in [7, 11) is 0. The molecule has 4 heteroatoms. The predicted octanol–water partition coefficient (Wildman–Crippen LogP) is 4.96. The maximum Gasteiger partial charge on any atom is 0.315 e. The molecule has 0 aliphatic carbocycles. The number of nitrogens with one attached hydrogen (secondary N) is 2. The number of carbonyl (C=O) groups excluding carboxylic acids is 1. The van der Waals surface area contributed by atoms with Crippen molar-refractivity contribution in [2.45, 2.75) is 12.1 Å². The molecule has 0 saturated carbocycles. The van der Waals surface area contributed by atoms with Gasteiger partial charge in [0.05, 0.1) is 12.1 Å². The van der Waals surface area contributed by atoms with Gasteiger partial charge < -0.3 is 15.7 Å². The number of carbonyl (C=O) groups is 1. The van der Waals surface area contributed by atoms with E-state index in [2.05, 4.69) is 10.6 Å². The highest BCUT2D eigenvalue weighted by molar-refractivity contribution is 5.86. The summed E-state index contributed by atoms with van der Waals surface area (Å²) in [5.41, 5.74) is 2.79. The van der Waals surface area contributed by atoms with Gasteiger partial charge in [-0.05, 0) is 27.5 Å². The second kappa shape index (κ2) is 9.25. The number of aliphatic hydroxyl groups is 1. The molecule has 4 nitrogen and oxygen atoms in total. The van der Waals surface area contributed by atoms with E-state index < -0.39 is 6.10 Å². The lowest BCUT2D eigenvalue weighted by atomic mass is 9.99. The van der Waals surface area contributed by atoms with Crippen LogP contribution in [0.3, 0.4) is 0 Å². The third kappa shape index (κ3) is 4.50. The third-order valence-electron chi connectivity index (χ3n) is 5.18. The largest absolute Gasteiger partial charge is 0.387 e. The maximum absolute atomic E-state index is 12.7. The lowest BCUT2D eigenvalue weighted by Crippen LogP contribution is -2.40. The van der Waals surface area contributed by atoms with Gasteiger partial charge in [-0.3, -0.25) is 0 Å². The molecule has 4 rings (SSSR count). The summed E-state index contributed by atoms with van der Waals surface area (Å²) in [5.74, 6) is 0. The van der Waals surface area contributed by atoms with Gasteiger partial charge in [0.2, 0.25) is 0 Å². The zero-order valence-electron chi connectivity index (χ0n) is 16.5. The summed E-state index contributed by atoms with van der Waals surface area (Å²) in [6.45, 7) is 0.121. The Bertz CT molecular complexity index is 1070. The van der Waals surface area contributed by atoms with Crippen molar-refractivity contribution in [1.82, 2.24) is 10.6 Å². The summed E-state index contributed by atoms with van der Waals surface area (Å²) >= 11 is 0. The van der Waals surface area contributed by atoms with E-state index in [-0.39, 0.29) is 18.6 Å². The van der Waals surface area contributed by atoms with Crippen molar-refractivity contribution in [3.05, 3.63) is 120 Å². The van der Waals surface area contributed by atoms with Gasteiger partial charge in [0.1, 0.15) is 0 Å². The third-order valence-corrected chi connectivity index (χ3v) is 5.18. The quantitative estimate of drug-likeness (QED) is 0.431. The minimum absolute atomic E-state index is 0.121. The van der Waals surface area contributed by atoms with Gasteiger partial charge >= 0.3 is 6.03 Å². The average Bonchev–Trinajstić information content (AvgIpc) is 2.81. The summed E-state index contributed by atoms with van der Waals surface area (Å²) in [4.78, 5) is 12.7. The number of hydrogen-bond acceptors (Lipinski definition) is 2. The molecule has 0 aromatic heterocycles. The van der Waals surface area contributed by atoms with Crippen molar-refractivity contribution in [1.29, 1.82) is 0 Å². The van der Waals surface area contributed by atoms with E-state index in [1.54, 1.807) is 0 Å². The van der Waals surface area contributed by atoms with Crippen LogP contribution in [0.25, 0.3) is 10.8 Å². The van der Waals surface area contributed by atoms with E-state index >= 15 is 0 Å². The fourth-order valence-electron chi connectivity index (χ4n) is 3.67. The summed E-state index contributed by atoms with van der Waals surface area (Å²) in [6.07, 6.45) is -0.797. The molecule has 30 heavy (non-hydrogen) atoms. The summed E-state index contributed by atoms with van der Waals surface area (Å²) < 4.78 is 0. The zero-order chi connectivity index (χ0) is 20.8. The van der Waals surface area contributed by atoms with Crippen LogP contribution >= 0.6 is 0 Å². The van der Waals surface area contributed by atoms with Crippen LogP contribution in [-0.2, 0) is 0 Å². The molecule has 0 heterocycles. The van der Waals surface area contributed by atoms with Crippen LogP contribution < -0.4 is 10.6 Å². The van der Waals surface area contributed by atoms with E-state index in [1.807, 2.05) is 103 Å². The van der Waals surface area contributed by atoms with Gasteiger partial charge in [0.15, 0.2) is 0 Å². The fourth-order valence-corrected chi connectivity index (χ4v) is 3.67. The second-order valence-corrected chi connectivity index (χ2v) is 7.19. The number of rotatable bonds is 6. The Balaban J connectivity index is 1.46. The molecular formula is C26H24N2O2. The average molecular weight is 396 g/mol. The maximum atomic E-state index is 12.7. The second-order valence-electron chi connectivity index (χ2n) is 7.19. The Morgan fingerprint density at radius 2 is 1.30 bits per heavy atom. The minimum Gasteiger partial charge on any atom is -0.387 e. The van der Waals surface area contributed by atoms with Crippen LogP contribution in [0.1, 0.15) is 28.8 Å². The van der Waals surface area contributed by atoms with Crippen molar-refractivity contribution in [3.63, 3.8) is 0 Å². The predicted molar refractivity (Wildman–Crippen MR) is 120 cm³/mol. The molecule has 1 unspecified atom stereocenters. The first-order valence-electron chi connectivity index (χ1n) is 10.0. The first-order chi connectivity index (χ1) is 14.7. The molecule has 1 atom stereocenters. The van der Waals surface area contributed by atoms with Crippen LogP contribution in [0.4, 0.5) is 4.79 Å². The highest BCUT2D eigenvalue weighted by atomic mass is 16.3. The molecule has 3 N–H and O–H groups in total. The van der Waals surface area contributed by atoms with Crippen molar-refractivity contribution >= 4 is 16.8 Å². The highest BCUT2D eigenvalue weighted by Gasteiger charge is 2.18. The molecule has 0 saturated heterocycles. The first kappa shape index (κ1) is 19.7. The van der Waals surface area contributed by atoms with Crippen LogP contribution in [0.15, 0.2) is 103 Å². The SMILES string of the molecule is O=C(NCC(O)c1cccc2ccccc12)NC(c1ccccc1)c1ccccc1. The molecule has 0 spiro atoms. The molecule has 150 valence electrons. The van der Waals surface area contributed by atoms with Crippen molar-refractivity contribution in [2.24, 2.45) is 0 Å². The number of benzene rings is 4.